The van der Waals surface area contributed by atoms with Gasteiger partial charge in [-0.2, -0.15) is 31.6 Å². The number of fused-ring (bicyclic) bond motifs is 3. The van der Waals surface area contributed by atoms with E-state index in [1.54, 1.807) is 24.3 Å². The van der Waals surface area contributed by atoms with Gasteiger partial charge in [-0.3, -0.25) is 0 Å². The average molecular weight is 414 g/mol. The van der Waals surface area contributed by atoms with Gasteiger partial charge in [0, 0.05) is 0 Å². The van der Waals surface area contributed by atoms with E-state index >= 15 is 0 Å². The monoisotopic (exact) mass is 414 g/mol. The Hall–Kier alpha value is -5.82. The van der Waals surface area contributed by atoms with Gasteiger partial charge in [0.1, 0.15) is 81.3 Å². The summed E-state index contributed by atoms with van der Waals surface area (Å²) in [6, 6.07) is 10.8. The Morgan fingerprint density at radius 2 is 0.812 bits per heavy atom. The quantitative estimate of drug-likeness (QED) is 0.439. The third-order valence-electron chi connectivity index (χ3n) is 4.00. The smallest absolute Gasteiger partial charge is 0.177 e. The Labute approximate surface area is 179 Å². The van der Waals surface area contributed by atoms with E-state index in [1.165, 1.54) is 13.8 Å². The molecule has 0 amide bonds. The Morgan fingerprint density at radius 3 is 1.06 bits per heavy atom. The highest BCUT2D eigenvalue weighted by Crippen LogP contribution is 2.42. The van der Waals surface area contributed by atoms with Gasteiger partial charge in [-0.05, 0) is 13.8 Å². The number of rotatable bonds is 2. The Bertz CT molecular complexity index is 1530. The molecule has 3 aromatic rings. The number of hydrogen-bond donors (Lipinski definition) is 0. The van der Waals surface area contributed by atoms with Crippen molar-refractivity contribution in [3.05, 3.63) is 22.8 Å². The summed E-state index contributed by atoms with van der Waals surface area (Å²) in [4.78, 5) is 25.0. The second-order valence-corrected chi connectivity index (χ2v) is 6.00. The summed E-state index contributed by atoms with van der Waals surface area (Å²) < 4.78 is 0. The molecule has 1 aromatic carbocycles. The number of aliphatic imine (C=N–C) groups is 2. The molecule has 0 bridgehead atoms. The third-order valence-corrected chi connectivity index (χ3v) is 4.00. The fourth-order valence-corrected chi connectivity index (χ4v) is 2.66. The molecule has 32 heavy (non-hydrogen) atoms. The molecule has 12 nitrogen and oxygen atoms in total. The van der Waals surface area contributed by atoms with Gasteiger partial charge in [-0.15, -0.1) is 0 Å². The first-order chi connectivity index (χ1) is 15.4. The van der Waals surface area contributed by atoms with Crippen LogP contribution in [0.4, 0.5) is 11.4 Å². The van der Waals surface area contributed by atoms with Crippen molar-refractivity contribution in [2.75, 3.05) is 0 Å². The molecule has 0 aliphatic rings. The van der Waals surface area contributed by atoms with Crippen molar-refractivity contribution < 1.29 is 0 Å². The van der Waals surface area contributed by atoms with Crippen LogP contribution in [0.5, 0.6) is 0 Å². The fraction of sp³-hybridized carbons (Fsp3) is 0.100. The van der Waals surface area contributed by atoms with Gasteiger partial charge in [0.25, 0.3) is 0 Å². The third kappa shape index (κ3) is 3.36. The molecule has 12 heteroatoms. The first-order valence-electron chi connectivity index (χ1n) is 8.52. The van der Waals surface area contributed by atoms with Crippen molar-refractivity contribution >= 4 is 44.9 Å². The summed E-state index contributed by atoms with van der Waals surface area (Å²) in [5.41, 5.74) is -1.53. The van der Waals surface area contributed by atoms with Crippen LogP contribution in [0.3, 0.4) is 0 Å². The lowest BCUT2D eigenvalue weighted by atomic mass is 10.1. The van der Waals surface area contributed by atoms with Crippen LogP contribution in [0.15, 0.2) is 9.98 Å². The second kappa shape index (κ2) is 8.27. The van der Waals surface area contributed by atoms with Gasteiger partial charge in [0.2, 0.25) is 0 Å². The van der Waals surface area contributed by atoms with Crippen molar-refractivity contribution in [1.29, 1.82) is 31.6 Å². The van der Waals surface area contributed by atoms with Crippen molar-refractivity contribution in [1.82, 2.24) is 19.9 Å². The minimum atomic E-state index is -0.306. The largest absolute Gasteiger partial charge is 0.238 e. The molecule has 0 aliphatic carbocycles. The number of benzene rings is 1. The number of nitriles is 6. The highest BCUT2D eigenvalue weighted by molar-refractivity contribution is 6.16. The first kappa shape index (κ1) is 20.9. The molecule has 0 N–H and O–H groups in total. The van der Waals surface area contributed by atoms with E-state index < -0.39 is 0 Å². The molecule has 0 spiro atoms. The standard InChI is InChI=1S/C20H6N12/c1-9(3-21)27-15-16(28-10(2)4-22)18-20(32-14(8-26)12(6-24)30-18)19-17(15)29-11(5-23)13(7-25)31-19/h1-2H3/b27-9+,28-10+. The number of aromatic nitrogens is 4. The Morgan fingerprint density at radius 1 is 0.531 bits per heavy atom. The van der Waals surface area contributed by atoms with Crippen LogP contribution in [0.1, 0.15) is 36.6 Å². The van der Waals surface area contributed by atoms with Gasteiger partial charge in [-0.1, -0.05) is 0 Å². The van der Waals surface area contributed by atoms with E-state index in [0.29, 0.717) is 0 Å². The minimum Gasteiger partial charge on any atom is -0.238 e. The molecular formula is C20H6N12. The van der Waals surface area contributed by atoms with Gasteiger partial charge in [-0.25, -0.2) is 29.9 Å². The van der Waals surface area contributed by atoms with Gasteiger partial charge < -0.3 is 0 Å². The van der Waals surface area contributed by atoms with Crippen molar-refractivity contribution in [2.24, 2.45) is 9.98 Å². The second-order valence-electron chi connectivity index (χ2n) is 6.00. The lowest BCUT2D eigenvalue weighted by molar-refractivity contribution is 1.17. The summed E-state index contributed by atoms with van der Waals surface area (Å²) in [6.07, 6.45) is 0. The van der Waals surface area contributed by atoms with Crippen molar-refractivity contribution in [3.63, 3.8) is 0 Å². The Balaban J connectivity index is 2.79. The predicted octanol–water partition coefficient (Wildman–Crippen LogP) is 2.29. The van der Waals surface area contributed by atoms with Crippen LogP contribution in [-0.4, -0.2) is 31.4 Å². The zero-order valence-corrected chi connectivity index (χ0v) is 16.4. The maximum Gasteiger partial charge on any atom is 0.177 e. The molecule has 0 radical (unpaired) electrons. The van der Waals surface area contributed by atoms with Gasteiger partial charge in [0.05, 0.1) is 0 Å². The zero-order valence-electron chi connectivity index (χ0n) is 16.4. The molecule has 146 valence electrons. The molecule has 0 aliphatic heterocycles. The molecule has 0 unspecified atom stereocenters. The fourth-order valence-electron chi connectivity index (χ4n) is 2.66. The summed E-state index contributed by atoms with van der Waals surface area (Å²) in [7, 11) is 0. The van der Waals surface area contributed by atoms with Crippen LogP contribution in [0.25, 0.3) is 22.1 Å². The number of hydrogen-bond acceptors (Lipinski definition) is 12. The van der Waals surface area contributed by atoms with Crippen molar-refractivity contribution in [2.45, 2.75) is 13.8 Å². The van der Waals surface area contributed by atoms with Crippen LogP contribution in [0, 0.1) is 68.0 Å². The maximum atomic E-state index is 9.38. The average Bonchev–Trinajstić information content (AvgIpc) is 2.83. The van der Waals surface area contributed by atoms with E-state index in [2.05, 4.69) is 29.9 Å². The van der Waals surface area contributed by atoms with Gasteiger partial charge in [0.15, 0.2) is 22.8 Å². The first-order valence-corrected chi connectivity index (χ1v) is 8.52. The Kier molecular flexibility index (Phi) is 5.41. The van der Waals surface area contributed by atoms with E-state index in [0.717, 1.165) is 0 Å². The topological polar surface area (TPSA) is 219 Å². The summed E-state index contributed by atoms with van der Waals surface area (Å²) in [5, 5.41) is 55.9. The summed E-state index contributed by atoms with van der Waals surface area (Å²) >= 11 is 0. The van der Waals surface area contributed by atoms with Crippen LogP contribution in [0.2, 0.25) is 0 Å². The van der Waals surface area contributed by atoms with Crippen molar-refractivity contribution in [3.8, 4) is 36.4 Å². The summed E-state index contributed by atoms with van der Waals surface area (Å²) in [6.45, 7) is 2.82. The molecule has 0 saturated carbocycles. The molecule has 0 fully saturated rings. The van der Waals surface area contributed by atoms with Crippen LogP contribution >= 0.6 is 0 Å². The van der Waals surface area contributed by atoms with E-state index in [1.807, 2.05) is 12.1 Å². The normalized spacial score (nSPS) is 11.0. The summed E-state index contributed by atoms with van der Waals surface area (Å²) in [5.74, 6) is 0. The number of nitrogens with zero attached hydrogens (tertiary/aromatic N) is 12. The highest BCUT2D eigenvalue weighted by Gasteiger charge is 2.23. The molecule has 0 saturated heterocycles. The highest BCUT2D eigenvalue weighted by atomic mass is 15.0. The minimum absolute atomic E-state index is 0.0107. The maximum absolute atomic E-state index is 9.38. The van der Waals surface area contributed by atoms with Gasteiger partial charge >= 0.3 is 0 Å². The lowest BCUT2D eigenvalue weighted by Gasteiger charge is -2.11. The SMILES string of the molecule is C/C(C#N)=N\c1c(/N=C(\C)C#N)c2nc(C#N)c(C#N)nc2c2nc(C#N)c(C#N)nc12. The predicted molar refractivity (Wildman–Crippen MR) is 108 cm³/mol. The zero-order chi connectivity index (χ0) is 23.4. The molecule has 0 atom stereocenters. The lowest BCUT2D eigenvalue weighted by Crippen LogP contribution is -2.02. The van der Waals surface area contributed by atoms with Crippen LogP contribution in [-0.2, 0) is 0 Å². The van der Waals surface area contributed by atoms with Crippen LogP contribution < -0.4 is 0 Å². The van der Waals surface area contributed by atoms with E-state index in [-0.39, 0.29) is 67.6 Å². The van der Waals surface area contributed by atoms with E-state index in [9.17, 15) is 31.6 Å². The van der Waals surface area contributed by atoms with E-state index in [4.69, 9.17) is 0 Å². The molecular weight excluding hydrogens is 408 g/mol. The molecule has 3 rings (SSSR count). The molecule has 2 aromatic heterocycles. The molecule has 2 heterocycles.